The second-order valence-corrected chi connectivity index (χ2v) is 8.97. The average molecular weight is 422 g/mol. The Morgan fingerprint density at radius 1 is 0.933 bits per heavy atom. The van der Waals surface area contributed by atoms with Gasteiger partial charge in [-0.1, -0.05) is 11.6 Å². The summed E-state index contributed by atoms with van der Waals surface area (Å²) in [7, 11) is 0. The summed E-state index contributed by atoms with van der Waals surface area (Å²) >= 11 is 6.36. The molecule has 2 aliphatic heterocycles. The molecule has 0 amide bonds. The molecule has 1 aliphatic carbocycles. The van der Waals surface area contributed by atoms with E-state index < -0.39 is 0 Å². The molecule has 0 radical (unpaired) electrons. The largest absolute Gasteiger partial charge is 0.341 e. The lowest BCUT2D eigenvalue weighted by Crippen LogP contribution is -2.34. The first-order valence-electron chi connectivity index (χ1n) is 10.8. The zero-order chi connectivity index (χ0) is 20.1. The van der Waals surface area contributed by atoms with Crippen LogP contribution < -0.4 is 4.90 Å². The Bertz CT molecular complexity index is 1050. The molecular weight excluding hydrogens is 398 g/mol. The van der Waals surface area contributed by atoms with E-state index in [1.165, 1.54) is 24.1 Å². The number of nitrogens with zero attached hydrogens (tertiary/aromatic N) is 7. The maximum absolute atomic E-state index is 6.36. The van der Waals surface area contributed by atoms with E-state index in [2.05, 4.69) is 41.6 Å². The maximum atomic E-state index is 6.36. The first-order valence-corrected chi connectivity index (χ1v) is 11.1. The van der Waals surface area contributed by atoms with Crippen LogP contribution in [-0.2, 0) is 13.1 Å². The Balaban J connectivity index is 1.32. The van der Waals surface area contributed by atoms with E-state index in [1.54, 1.807) is 12.4 Å². The molecule has 1 saturated heterocycles. The van der Waals surface area contributed by atoms with E-state index >= 15 is 0 Å². The van der Waals surface area contributed by atoms with Crippen molar-refractivity contribution in [2.45, 2.75) is 50.7 Å². The molecular formula is C22H24ClN7. The van der Waals surface area contributed by atoms with Crippen LogP contribution in [0.4, 0.5) is 5.95 Å². The molecule has 1 saturated carbocycles. The Morgan fingerprint density at radius 2 is 1.73 bits per heavy atom. The highest BCUT2D eigenvalue weighted by molar-refractivity contribution is 6.30. The first kappa shape index (κ1) is 18.3. The predicted molar refractivity (Wildman–Crippen MR) is 115 cm³/mol. The Hall–Kier alpha value is -2.51. The van der Waals surface area contributed by atoms with Crippen LogP contribution >= 0.6 is 11.6 Å². The number of halogens is 1. The minimum atomic E-state index is 0.377. The van der Waals surface area contributed by atoms with Crippen molar-refractivity contribution in [2.75, 3.05) is 18.0 Å². The monoisotopic (exact) mass is 421 g/mol. The van der Waals surface area contributed by atoms with E-state index in [0.29, 0.717) is 12.0 Å². The zero-order valence-electron chi connectivity index (χ0n) is 16.8. The van der Waals surface area contributed by atoms with Gasteiger partial charge in [-0.15, -0.1) is 10.2 Å². The second-order valence-electron chi connectivity index (χ2n) is 8.53. The molecule has 0 N–H and O–H groups in total. The van der Waals surface area contributed by atoms with Crippen molar-refractivity contribution in [1.82, 2.24) is 29.6 Å². The van der Waals surface area contributed by atoms with Crippen molar-refractivity contribution in [3.63, 3.8) is 0 Å². The summed E-state index contributed by atoms with van der Waals surface area (Å²) in [5.74, 6) is 3.32. The SMILES string of the molecule is Clc1ccc2c(c1)CN(C1CC1)Cc1nnc(C3CCN(c4ncccn4)CC3)n1-2. The van der Waals surface area contributed by atoms with Gasteiger partial charge in [-0.2, -0.15) is 0 Å². The van der Waals surface area contributed by atoms with Gasteiger partial charge in [0.25, 0.3) is 0 Å². The number of rotatable bonds is 3. The summed E-state index contributed by atoms with van der Waals surface area (Å²) in [5, 5.41) is 10.1. The highest BCUT2D eigenvalue weighted by atomic mass is 35.5. The van der Waals surface area contributed by atoms with Crippen molar-refractivity contribution in [3.8, 4) is 5.69 Å². The number of piperidine rings is 1. The van der Waals surface area contributed by atoms with Crippen LogP contribution in [0, 0.1) is 0 Å². The summed E-state index contributed by atoms with van der Waals surface area (Å²) in [6, 6.07) is 8.75. The minimum Gasteiger partial charge on any atom is -0.341 e. The van der Waals surface area contributed by atoms with E-state index in [-0.39, 0.29) is 0 Å². The number of aromatic nitrogens is 5. The quantitative estimate of drug-likeness (QED) is 0.644. The van der Waals surface area contributed by atoms with Crippen LogP contribution in [0.2, 0.25) is 5.02 Å². The van der Waals surface area contributed by atoms with E-state index in [4.69, 9.17) is 16.7 Å². The number of hydrogen-bond donors (Lipinski definition) is 0. The Labute approximate surface area is 180 Å². The van der Waals surface area contributed by atoms with Gasteiger partial charge in [-0.25, -0.2) is 9.97 Å². The summed E-state index contributed by atoms with van der Waals surface area (Å²) in [4.78, 5) is 13.6. The van der Waals surface area contributed by atoms with E-state index in [1.807, 2.05) is 12.1 Å². The van der Waals surface area contributed by atoms with Crippen LogP contribution in [-0.4, -0.2) is 48.8 Å². The summed E-state index contributed by atoms with van der Waals surface area (Å²) in [5.41, 5.74) is 2.45. The van der Waals surface area contributed by atoms with Gasteiger partial charge in [0.1, 0.15) is 5.82 Å². The molecule has 4 heterocycles. The molecule has 0 atom stereocenters. The van der Waals surface area contributed by atoms with Crippen molar-refractivity contribution in [2.24, 2.45) is 0 Å². The summed E-state index contributed by atoms with van der Waals surface area (Å²) in [6.07, 6.45) is 8.20. The van der Waals surface area contributed by atoms with Gasteiger partial charge in [-0.3, -0.25) is 9.47 Å². The van der Waals surface area contributed by atoms with Crippen LogP contribution in [0.25, 0.3) is 5.69 Å². The zero-order valence-corrected chi connectivity index (χ0v) is 17.5. The fourth-order valence-corrected chi connectivity index (χ4v) is 5.00. The normalized spacial score (nSPS) is 20.0. The molecule has 0 bridgehead atoms. The second kappa shape index (κ2) is 7.32. The molecule has 3 aromatic rings. The molecule has 3 aliphatic rings. The maximum Gasteiger partial charge on any atom is 0.225 e. The molecule has 8 heteroatoms. The fraction of sp³-hybridized carbons (Fsp3) is 0.455. The van der Waals surface area contributed by atoms with Gasteiger partial charge in [0.05, 0.1) is 12.2 Å². The van der Waals surface area contributed by atoms with Crippen LogP contribution in [0.1, 0.15) is 48.8 Å². The average Bonchev–Trinajstić information content (AvgIpc) is 3.57. The number of benzene rings is 1. The smallest absolute Gasteiger partial charge is 0.225 e. The fourth-order valence-electron chi connectivity index (χ4n) is 4.80. The molecule has 7 nitrogen and oxygen atoms in total. The highest BCUT2D eigenvalue weighted by Gasteiger charge is 2.35. The summed E-state index contributed by atoms with van der Waals surface area (Å²) < 4.78 is 2.31. The van der Waals surface area contributed by atoms with E-state index in [9.17, 15) is 0 Å². The van der Waals surface area contributed by atoms with Crippen molar-refractivity contribution in [3.05, 3.63) is 58.9 Å². The van der Waals surface area contributed by atoms with Crippen molar-refractivity contribution in [1.29, 1.82) is 0 Å². The van der Waals surface area contributed by atoms with Gasteiger partial charge in [0.2, 0.25) is 5.95 Å². The molecule has 30 heavy (non-hydrogen) atoms. The highest BCUT2D eigenvalue weighted by Crippen LogP contribution is 2.37. The van der Waals surface area contributed by atoms with Gasteiger partial charge in [0.15, 0.2) is 5.82 Å². The standard InChI is InChI=1S/C22H24ClN7/c23-17-2-5-19-16(12-17)13-29(18-3-4-18)14-20-26-27-21(30(19)20)15-6-10-28(11-7-15)22-24-8-1-9-25-22/h1-2,5,8-9,12,15,18H,3-4,6-7,10-11,13-14H2. The Kier molecular flexibility index (Phi) is 4.46. The van der Waals surface area contributed by atoms with Gasteiger partial charge in [-0.05, 0) is 55.5 Å². The lowest BCUT2D eigenvalue weighted by Gasteiger charge is -2.31. The number of fused-ring (bicyclic) bond motifs is 3. The Morgan fingerprint density at radius 3 is 2.50 bits per heavy atom. The first-order chi connectivity index (χ1) is 14.8. The lowest BCUT2D eigenvalue weighted by molar-refractivity contribution is 0.243. The molecule has 0 spiro atoms. The molecule has 0 unspecified atom stereocenters. The number of anilines is 1. The molecule has 6 rings (SSSR count). The molecule has 2 fully saturated rings. The van der Waals surface area contributed by atoms with Crippen LogP contribution in [0.5, 0.6) is 0 Å². The third kappa shape index (κ3) is 3.26. The third-order valence-corrected chi connectivity index (χ3v) is 6.75. The van der Waals surface area contributed by atoms with E-state index in [0.717, 1.165) is 61.6 Å². The summed E-state index contributed by atoms with van der Waals surface area (Å²) in [6.45, 7) is 3.63. The minimum absolute atomic E-state index is 0.377. The molecule has 1 aromatic carbocycles. The molecule has 154 valence electrons. The predicted octanol–water partition coefficient (Wildman–Crippen LogP) is 3.57. The molecule has 2 aromatic heterocycles. The lowest BCUT2D eigenvalue weighted by atomic mass is 9.95. The van der Waals surface area contributed by atoms with Crippen LogP contribution in [0.15, 0.2) is 36.7 Å². The third-order valence-electron chi connectivity index (χ3n) is 6.51. The van der Waals surface area contributed by atoms with Gasteiger partial charge < -0.3 is 4.90 Å². The van der Waals surface area contributed by atoms with Gasteiger partial charge in [0, 0.05) is 49.0 Å². The number of hydrogen-bond acceptors (Lipinski definition) is 6. The van der Waals surface area contributed by atoms with Crippen LogP contribution in [0.3, 0.4) is 0 Å². The van der Waals surface area contributed by atoms with Crippen molar-refractivity contribution < 1.29 is 0 Å². The van der Waals surface area contributed by atoms with Crippen molar-refractivity contribution >= 4 is 17.5 Å². The van der Waals surface area contributed by atoms with Gasteiger partial charge >= 0.3 is 0 Å². The topological polar surface area (TPSA) is 63.0 Å².